The van der Waals surface area contributed by atoms with Gasteiger partial charge in [0, 0.05) is 4.90 Å². The fourth-order valence-corrected chi connectivity index (χ4v) is 3.96. The molecule has 2 rings (SSSR count). The SMILES string of the molecule is C=C(C)C(N=C(C)N)(c1cccc(SF)c1)C1CCCCC1. The highest BCUT2D eigenvalue weighted by atomic mass is 32.2. The lowest BCUT2D eigenvalue weighted by Gasteiger charge is -2.41. The fourth-order valence-electron chi connectivity index (χ4n) is 3.66. The van der Waals surface area contributed by atoms with Crippen molar-refractivity contribution in [3.05, 3.63) is 42.0 Å². The Morgan fingerprint density at radius 3 is 2.55 bits per heavy atom. The molecule has 1 unspecified atom stereocenters. The average Bonchev–Trinajstić information content (AvgIpc) is 2.53. The standard InChI is InChI=1S/C18H25FN2S/c1-13(2)18(21-14(3)20,15-8-5-4-6-9-15)16-10-7-11-17(12-16)22-19/h7,10-12,15H,1,4-6,8-9H2,2-3H3,(H2,20,21). The summed E-state index contributed by atoms with van der Waals surface area (Å²) in [6.07, 6.45) is 5.90. The number of benzene rings is 1. The van der Waals surface area contributed by atoms with E-state index in [2.05, 4.69) is 6.58 Å². The first-order valence-corrected chi connectivity index (χ1v) is 8.59. The van der Waals surface area contributed by atoms with Gasteiger partial charge in [0.05, 0.1) is 18.0 Å². The van der Waals surface area contributed by atoms with Gasteiger partial charge in [-0.15, -0.1) is 0 Å². The summed E-state index contributed by atoms with van der Waals surface area (Å²) in [5.41, 5.74) is 7.40. The van der Waals surface area contributed by atoms with Gasteiger partial charge < -0.3 is 5.73 Å². The van der Waals surface area contributed by atoms with Crippen molar-refractivity contribution in [3.8, 4) is 0 Å². The number of hydrogen-bond donors (Lipinski definition) is 1. The van der Waals surface area contributed by atoms with Crippen LogP contribution in [-0.2, 0) is 5.54 Å². The molecule has 2 N–H and O–H groups in total. The van der Waals surface area contributed by atoms with E-state index in [4.69, 9.17) is 10.7 Å². The van der Waals surface area contributed by atoms with Crippen LogP contribution in [0.1, 0.15) is 51.5 Å². The first kappa shape index (κ1) is 17.1. The lowest BCUT2D eigenvalue weighted by molar-refractivity contribution is 0.241. The lowest BCUT2D eigenvalue weighted by atomic mass is 9.68. The van der Waals surface area contributed by atoms with Gasteiger partial charge in [-0.2, -0.15) is 3.89 Å². The summed E-state index contributed by atoms with van der Waals surface area (Å²) in [4.78, 5) is 5.44. The second-order valence-electron chi connectivity index (χ2n) is 6.24. The zero-order valence-electron chi connectivity index (χ0n) is 13.4. The van der Waals surface area contributed by atoms with Gasteiger partial charge in [0.15, 0.2) is 0 Å². The van der Waals surface area contributed by atoms with Crippen LogP contribution in [0.2, 0.25) is 0 Å². The highest BCUT2D eigenvalue weighted by Gasteiger charge is 2.41. The van der Waals surface area contributed by atoms with Gasteiger partial charge in [0.1, 0.15) is 5.54 Å². The molecule has 1 aromatic rings. The van der Waals surface area contributed by atoms with Gasteiger partial charge in [-0.05, 0) is 55.9 Å². The van der Waals surface area contributed by atoms with Crippen LogP contribution in [0.15, 0.2) is 46.3 Å². The normalized spacial score (nSPS) is 19.7. The van der Waals surface area contributed by atoms with Crippen molar-refractivity contribution >= 4 is 18.0 Å². The Bertz CT molecular complexity index is 560. The molecule has 1 aliphatic carbocycles. The molecule has 1 saturated carbocycles. The Balaban J connectivity index is 2.60. The fraction of sp³-hybridized carbons (Fsp3) is 0.500. The van der Waals surface area contributed by atoms with E-state index in [-0.39, 0.29) is 12.1 Å². The first-order valence-electron chi connectivity index (χ1n) is 7.87. The maximum atomic E-state index is 13.0. The number of amidine groups is 1. The van der Waals surface area contributed by atoms with Crippen LogP contribution in [0.5, 0.6) is 0 Å². The maximum Gasteiger partial charge on any atom is 0.111 e. The Morgan fingerprint density at radius 2 is 2.00 bits per heavy atom. The number of nitrogens with zero attached hydrogens (tertiary/aromatic N) is 1. The van der Waals surface area contributed by atoms with Crippen LogP contribution < -0.4 is 5.73 Å². The van der Waals surface area contributed by atoms with E-state index in [1.54, 1.807) is 6.07 Å². The predicted octanol–water partition coefficient (Wildman–Crippen LogP) is 5.39. The second kappa shape index (κ2) is 7.32. The Morgan fingerprint density at radius 1 is 1.32 bits per heavy atom. The summed E-state index contributed by atoms with van der Waals surface area (Å²) in [5.74, 6) is 0.920. The molecule has 0 aliphatic heterocycles. The smallest absolute Gasteiger partial charge is 0.111 e. The zero-order valence-corrected chi connectivity index (χ0v) is 14.3. The third-order valence-corrected chi connectivity index (χ3v) is 4.99. The van der Waals surface area contributed by atoms with Crippen LogP contribution in [0, 0.1) is 5.92 Å². The molecular weight excluding hydrogens is 295 g/mol. The maximum absolute atomic E-state index is 13.0. The molecule has 0 saturated heterocycles. The van der Waals surface area contributed by atoms with E-state index in [1.165, 1.54) is 19.3 Å². The highest BCUT2D eigenvalue weighted by molar-refractivity contribution is 7.94. The van der Waals surface area contributed by atoms with Gasteiger partial charge in [-0.25, -0.2) is 0 Å². The van der Waals surface area contributed by atoms with Crippen molar-refractivity contribution in [1.29, 1.82) is 0 Å². The molecule has 120 valence electrons. The number of rotatable bonds is 5. The molecule has 4 heteroatoms. The molecule has 0 aromatic heterocycles. The summed E-state index contributed by atoms with van der Waals surface area (Å²) in [6.45, 7) is 8.05. The molecular formula is C18H25FN2S. The van der Waals surface area contributed by atoms with Crippen LogP contribution in [0.25, 0.3) is 0 Å². The second-order valence-corrected chi connectivity index (χ2v) is 6.87. The van der Waals surface area contributed by atoms with Crippen molar-refractivity contribution in [1.82, 2.24) is 0 Å². The van der Waals surface area contributed by atoms with Crippen molar-refractivity contribution < 1.29 is 3.89 Å². The van der Waals surface area contributed by atoms with Crippen molar-refractivity contribution in [2.24, 2.45) is 16.6 Å². The van der Waals surface area contributed by atoms with Gasteiger partial charge in [-0.3, -0.25) is 4.99 Å². The summed E-state index contributed by atoms with van der Waals surface area (Å²) in [7, 11) is 0. The van der Waals surface area contributed by atoms with Crippen molar-refractivity contribution in [3.63, 3.8) is 0 Å². The van der Waals surface area contributed by atoms with Crippen LogP contribution in [0.3, 0.4) is 0 Å². The summed E-state index contributed by atoms with van der Waals surface area (Å²) in [6, 6.07) is 7.58. The minimum atomic E-state index is -0.537. The van der Waals surface area contributed by atoms with Crippen molar-refractivity contribution in [2.75, 3.05) is 0 Å². The molecule has 1 atom stereocenters. The van der Waals surface area contributed by atoms with Crippen LogP contribution in [-0.4, -0.2) is 5.84 Å². The van der Waals surface area contributed by atoms with E-state index in [0.717, 1.165) is 24.0 Å². The largest absolute Gasteiger partial charge is 0.388 e. The van der Waals surface area contributed by atoms with E-state index in [9.17, 15) is 3.89 Å². The van der Waals surface area contributed by atoms with Gasteiger partial charge in [0.2, 0.25) is 0 Å². The number of hydrogen-bond acceptors (Lipinski definition) is 2. The number of nitrogens with two attached hydrogens (primary N) is 1. The Kier molecular flexibility index (Phi) is 5.68. The number of halogens is 1. The van der Waals surface area contributed by atoms with Gasteiger partial charge in [-0.1, -0.05) is 38.0 Å². The Hall–Kier alpha value is -1.29. The quantitative estimate of drug-likeness (QED) is 0.448. The minimum absolute atomic E-state index is 0.267. The summed E-state index contributed by atoms with van der Waals surface area (Å²) >= 11 is 0.267. The molecule has 0 radical (unpaired) electrons. The molecule has 1 aromatic carbocycles. The van der Waals surface area contributed by atoms with E-state index >= 15 is 0 Å². The van der Waals surface area contributed by atoms with Crippen LogP contribution >= 0.6 is 12.1 Å². The average molecular weight is 320 g/mol. The molecule has 1 aliphatic rings. The summed E-state index contributed by atoms with van der Waals surface area (Å²) < 4.78 is 13.0. The highest BCUT2D eigenvalue weighted by Crippen LogP contribution is 2.47. The predicted molar refractivity (Wildman–Crippen MR) is 93.8 cm³/mol. The molecule has 1 fully saturated rings. The molecule has 0 heterocycles. The molecule has 2 nitrogen and oxygen atoms in total. The Labute approximate surface area is 137 Å². The van der Waals surface area contributed by atoms with E-state index in [1.807, 2.05) is 32.0 Å². The molecule has 22 heavy (non-hydrogen) atoms. The molecule has 0 bridgehead atoms. The van der Waals surface area contributed by atoms with Crippen LogP contribution in [0.4, 0.5) is 3.89 Å². The lowest BCUT2D eigenvalue weighted by Crippen LogP contribution is -2.37. The minimum Gasteiger partial charge on any atom is -0.388 e. The number of aliphatic imine (C=N–C) groups is 1. The third kappa shape index (κ3) is 3.37. The summed E-state index contributed by atoms with van der Waals surface area (Å²) in [5, 5.41) is 0. The topological polar surface area (TPSA) is 38.4 Å². The first-order chi connectivity index (χ1) is 10.5. The van der Waals surface area contributed by atoms with Gasteiger partial charge >= 0.3 is 0 Å². The monoisotopic (exact) mass is 320 g/mol. The van der Waals surface area contributed by atoms with E-state index in [0.29, 0.717) is 16.6 Å². The third-order valence-electron chi connectivity index (χ3n) is 4.56. The van der Waals surface area contributed by atoms with Gasteiger partial charge in [0.25, 0.3) is 0 Å². The zero-order chi connectivity index (χ0) is 16.2. The van der Waals surface area contributed by atoms with E-state index < -0.39 is 5.54 Å². The van der Waals surface area contributed by atoms with Crippen molar-refractivity contribution in [2.45, 2.75) is 56.4 Å². The molecule has 0 spiro atoms. The molecule has 0 amide bonds.